The zero-order valence-corrected chi connectivity index (χ0v) is 21.4. The molecule has 0 atom stereocenters. The Balaban J connectivity index is 1.51. The van der Waals surface area contributed by atoms with Crippen molar-refractivity contribution in [2.24, 2.45) is 0 Å². The first-order chi connectivity index (χ1) is 17.8. The summed E-state index contributed by atoms with van der Waals surface area (Å²) in [6.45, 7) is 0. The number of alkyl halides is 3. The van der Waals surface area contributed by atoms with Gasteiger partial charge in [0.1, 0.15) is 10.6 Å². The number of carbonyl (C=O) groups excluding carboxylic acids is 1. The van der Waals surface area contributed by atoms with E-state index in [2.05, 4.69) is 5.32 Å². The van der Waals surface area contributed by atoms with Gasteiger partial charge in [-0.15, -0.1) is 11.3 Å². The molecule has 5 rings (SSSR count). The fraction of sp³-hybridized carbons (Fsp3) is 0.269. The number of para-hydroxylation sites is 1. The van der Waals surface area contributed by atoms with Crippen LogP contribution in [0.4, 0.5) is 18.9 Å². The van der Waals surface area contributed by atoms with Crippen LogP contribution in [0.1, 0.15) is 28.8 Å². The topological polar surface area (TPSA) is 73.2 Å². The molecule has 0 spiro atoms. The SMILES string of the molecule is COc1cccc(-n2c(SCC(=O)Nc3ccccc3C(F)(F)F)nc3sc4c(c3c2=O)CCCC4)c1. The maximum absolute atomic E-state index is 13.8. The number of halogens is 3. The van der Waals surface area contributed by atoms with Crippen LogP contribution in [0.15, 0.2) is 58.5 Å². The number of amides is 1. The Kier molecular flexibility index (Phi) is 7.00. The van der Waals surface area contributed by atoms with Gasteiger partial charge in [-0.1, -0.05) is 30.0 Å². The molecule has 4 aromatic rings. The van der Waals surface area contributed by atoms with E-state index in [9.17, 15) is 22.8 Å². The number of carbonyl (C=O) groups is 1. The average molecular weight is 546 g/mol. The third-order valence-corrected chi connectivity index (χ3v) is 8.23. The van der Waals surface area contributed by atoms with Gasteiger partial charge in [-0.25, -0.2) is 4.98 Å². The summed E-state index contributed by atoms with van der Waals surface area (Å²) in [5.74, 6) is -0.327. The molecule has 0 saturated heterocycles. The maximum atomic E-state index is 13.8. The molecule has 1 N–H and O–H groups in total. The number of rotatable bonds is 6. The number of aromatic nitrogens is 2. The second-order valence-corrected chi connectivity index (χ2v) is 10.5. The maximum Gasteiger partial charge on any atom is 0.418 e. The van der Waals surface area contributed by atoms with E-state index in [0.29, 0.717) is 21.7 Å². The van der Waals surface area contributed by atoms with Crippen LogP contribution in [0.2, 0.25) is 0 Å². The van der Waals surface area contributed by atoms with E-state index < -0.39 is 17.6 Å². The summed E-state index contributed by atoms with van der Waals surface area (Å²) in [6.07, 6.45) is -0.816. The van der Waals surface area contributed by atoms with E-state index in [1.54, 1.807) is 24.3 Å². The summed E-state index contributed by atoms with van der Waals surface area (Å²) in [5, 5.41) is 3.22. The molecule has 1 aliphatic carbocycles. The van der Waals surface area contributed by atoms with E-state index in [0.717, 1.165) is 54.0 Å². The number of methoxy groups -OCH3 is 1. The lowest BCUT2D eigenvalue weighted by Crippen LogP contribution is -2.23. The fourth-order valence-corrected chi connectivity index (χ4v) is 6.53. The molecule has 2 aromatic heterocycles. The van der Waals surface area contributed by atoms with Crippen LogP contribution in [0, 0.1) is 0 Å². The Morgan fingerprint density at radius 3 is 2.73 bits per heavy atom. The third kappa shape index (κ3) is 5.10. The van der Waals surface area contributed by atoms with Gasteiger partial charge in [0.2, 0.25) is 5.91 Å². The number of hydrogen-bond donors (Lipinski definition) is 1. The monoisotopic (exact) mass is 545 g/mol. The summed E-state index contributed by atoms with van der Waals surface area (Å²) < 4.78 is 46.8. The molecule has 192 valence electrons. The highest BCUT2D eigenvalue weighted by Crippen LogP contribution is 2.36. The van der Waals surface area contributed by atoms with Crippen molar-refractivity contribution in [3.8, 4) is 11.4 Å². The van der Waals surface area contributed by atoms with E-state index in [4.69, 9.17) is 9.72 Å². The minimum Gasteiger partial charge on any atom is -0.497 e. The van der Waals surface area contributed by atoms with Crippen LogP contribution in [-0.4, -0.2) is 28.3 Å². The molecular weight excluding hydrogens is 523 g/mol. The van der Waals surface area contributed by atoms with Crippen LogP contribution < -0.4 is 15.6 Å². The van der Waals surface area contributed by atoms with Gasteiger partial charge in [0.15, 0.2) is 5.16 Å². The quantitative estimate of drug-likeness (QED) is 0.235. The number of aryl methyl sites for hydroxylation is 2. The minimum absolute atomic E-state index is 0.233. The van der Waals surface area contributed by atoms with Crippen molar-refractivity contribution < 1.29 is 22.7 Å². The predicted molar refractivity (Wildman–Crippen MR) is 139 cm³/mol. The first-order valence-corrected chi connectivity index (χ1v) is 13.4. The zero-order valence-electron chi connectivity index (χ0n) is 19.7. The fourth-order valence-electron chi connectivity index (χ4n) is 4.42. The van der Waals surface area contributed by atoms with Gasteiger partial charge in [0, 0.05) is 10.9 Å². The summed E-state index contributed by atoms with van der Waals surface area (Å²) in [6, 6.07) is 11.8. The van der Waals surface area contributed by atoms with E-state index in [1.807, 2.05) is 0 Å². The van der Waals surface area contributed by atoms with E-state index in [1.165, 1.54) is 41.2 Å². The molecule has 0 unspecified atom stereocenters. The highest BCUT2D eigenvalue weighted by molar-refractivity contribution is 7.99. The molecule has 2 heterocycles. The zero-order chi connectivity index (χ0) is 26.2. The lowest BCUT2D eigenvalue weighted by Gasteiger charge is -2.15. The average Bonchev–Trinajstić information content (AvgIpc) is 3.26. The van der Waals surface area contributed by atoms with Crippen LogP contribution >= 0.6 is 23.1 Å². The Labute approximate surface area is 218 Å². The molecule has 1 amide bonds. The van der Waals surface area contributed by atoms with Crippen molar-refractivity contribution in [1.29, 1.82) is 0 Å². The highest BCUT2D eigenvalue weighted by Gasteiger charge is 2.33. The molecule has 2 aromatic carbocycles. The van der Waals surface area contributed by atoms with Crippen molar-refractivity contribution in [3.05, 3.63) is 74.9 Å². The smallest absolute Gasteiger partial charge is 0.418 e. The number of benzene rings is 2. The van der Waals surface area contributed by atoms with E-state index in [-0.39, 0.29) is 22.2 Å². The standard InChI is InChI=1S/C26H22F3N3O3S2/c1-35-16-8-6-7-15(13-16)32-24(34)22-17-9-2-5-12-20(17)37-23(22)31-25(32)36-14-21(33)30-19-11-4-3-10-18(19)26(27,28)29/h3-4,6-8,10-11,13H,2,5,9,12,14H2,1H3,(H,30,33). The first kappa shape index (κ1) is 25.3. The molecular formula is C26H22F3N3O3S2. The molecule has 0 bridgehead atoms. The number of ether oxygens (including phenoxy) is 1. The normalized spacial score (nSPS) is 13.4. The van der Waals surface area contributed by atoms with Crippen molar-refractivity contribution >= 4 is 44.9 Å². The second kappa shape index (κ2) is 10.2. The number of anilines is 1. The molecule has 0 saturated carbocycles. The van der Waals surface area contributed by atoms with Gasteiger partial charge in [-0.2, -0.15) is 13.2 Å². The van der Waals surface area contributed by atoms with Crippen molar-refractivity contribution in [3.63, 3.8) is 0 Å². The number of hydrogen-bond acceptors (Lipinski definition) is 6. The lowest BCUT2D eigenvalue weighted by atomic mass is 9.97. The van der Waals surface area contributed by atoms with Gasteiger partial charge in [-0.3, -0.25) is 14.2 Å². The Morgan fingerprint density at radius 2 is 1.95 bits per heavy atom. The van der Waals surface area contributed by atoms with Crippen LogP contribution in [0.5, 0.6) is 5.75 Å². The molecule has 11 heteroatoms. The van der Waals surface area contributed by atoms with Gasteiger partial charge in [0.25, 0.3) is 5.56 Å². The third-order valence-electron chi connectivity index (χ3n) is 6.11. The van der Waals surface area contributed by atoms with Crippen molar-refractivity contribution in [2.45, 2.75) is 37.0 Å². The first-order valence-electron chi connectivity index (χ1n) is 11.6. The highest BCUT2D eigenvalue weighted by atomic mass is 32.2. The van der Waals surface area contributed by atoms with Crippen molar-refractivity contribution in [1.82, 2.24) is 9.55 Å². The largest absolute Gasteiger partial charge is 0.497 e. The van der Waals surface area contributed by atoms with Crippen LogP contribution in [0.3, 0.4) is 0 Å². The lowest BCUT2D eigenvalue weighted by molar-refractivity contribution is -0.137. The van der Waals surface area contributed by atoms with Crippen molar-refractivity contribution in [2.75, 3.05) is 18.2 Å². The Morgan fingerprint density at radius 1 is 1.16 bits per heavy atom. The van der Waals surface area contributed by atoms with E-state index >= 15 is 0 Å². The summed E-state index contributed by atoms with van der Waals surface area (Å²) >= 11 is 2.49. The number of nitrogens with zero attached hydrogens (tertiary/aromatic N) is 2. The molecule has 0 radical (unpaired) electrons. The number of nitrogens with one attached hydrogen (secondary N) is 1. The molecule has 0 fully saturated rings. The van der Waals surface area contributed by atoms with Crippen LogP contribution in [-0.2, 0) is 23.8 Å². The Bertz CT molecular complexity index is 1550. The summed E-state index contributed by atoms with van der Waals surface area (Å²) in [4.78, 5) is 33.0. The minimum atomic E-state index is -4.60. The predicted octanol–water partition coefficient (Wildman–Crippen LogP) is 6.08. The number of thioether (sulfide) groups is 1. The molecule has 6 nitrogen and oxygen atoms in total. The van der Waals surface area contributed by atoms with Gasteiger partial charge in [0.05, 0.1) is 35.2 Å². The van der Waals surface area contributed by atoms with Gasteiger partial charge < -0.3 is 10.1 Å². The van der Waals surface area contributed by atoms with Gasteiger partial charge >= 0.3 is 6.18 Å². The molecule has 0 aliphatic heterocycles. The molecule has 1 aliphatic rings. The number of thiophene rings is 1. The summed E-state index contributed by atoms with van der Waals surface area (Å²) in [7, 11) is 1.53. The van der Waals surface area contributed by atoms with Crippen LogP contribution in [0.25, 0.3) is 15.9 Å². The van der Waals surface area contributed by atoms with Gasteiger partial charge in [-0.05, 0) is 55.5 Å². The second-order valence-electron chi connectivity index (χ2n) is 8.51. The number of fused-ring (bicyclic) bond motifs is 3. The summed E-state index contributed by atoms with van der Waals surface area (Å²) in [5.41, 5.74) is 0.0896. The molecule has 37 heavy (non-hydrogen) atoms. The Hall–Kier alpha value is -3.31.